The van der Waals surface area contributed by atoms with Crippen molar-refractivity contribution in [3.8, 4) is 11.8 Å². The van der Waals surface area contributed by atoms with E-state index in [1.54, 1.807) is 29.1 Å². The average Bonchev–Trinajstić information content (AvgIpc) is 3.32. The molecule has 2 aromatic heterocycles. The summed E-state index contributed by atoms with van der Waals surface area (Å²) in [6, 6.07) is 6.38. The lowest BCUT2D eigenvalue weighted by atomic mass is 10.0. The van der Waals surface area contributed by atoms with Crippen LogP contribution in [0.4, 0.5) is 13.2 Å². The van der Waals surface area contributed by atoms with Gasteiger partial charge >= 0.3 is 6.18 Å². The predicted octanol–water partition coefficient (Wildman–Crippen LogP) is 3.65. The lowest BCUT2D eigenvalue weighted by Gasteiger charge is -2.10. The topological polar surface area (TPSA) is 43.6 Å². The van der Waals surface area contributed by atoms with Gasteiger partial charge in [0.2, 0.25) is 0 Å². The van der Waals surface area contributed by atoms with Crippen molar-refractivity contribution in [2.75, 3.05) is 0 Å². The number of halogens is 3. The van der Waals surface area contributed by atoms with E-state index in [0.29, 0.717) is 23.5 Å². The lowest BCUT2D eigenvalue weighted by molar-refractivity contribution is -0.136. The van der Waals surface area contributed by atoms with Gasteiger partial charge in [0.05, 0.1) is 5.52 Å². The van der Waals surface area contributed by atoms with E-state index in [0.717, 1.165) is 12.8 Å². The van der Waals surface area contributed by atoms with Crippen molar-refractivity contribution in [2.45, 2.75) is 25.6 Å². The number of alkyl halides is 3. The Hall–Kier alpha value is -2.88. The third-order valence-electron chi connectivity index (χ3n) is 4.10. The quantitative estimate of drug-likeness (QED) is 0.668. The number of hydrogen-bond acceptors (Lipinski definition) is 3. The van der Waals surface area contributed by atoms with Crippen LogP contribution in [0.2, 0.25) is 0 Å². The minimum Gasteiger partial charge on any atom is -0.263 e. The normalized spacial score (nSPS) is 14.4. The largest absolute Gasteiger partial charge is 0.419 e. The molecule has 0 spiro atoms. The highest BCUT2D eigenvalue weighted by Crippen LogP contribution is 2.37. The van der Waals surface area contributed by atoms with Crippen LogP contribution in [0.25, 0.3) is 11.0 Å². The van der Waals surface area contributed by atoms with Gasteiger partial charge in [-0.1, -0.05) is 17.1 Å². The van der Waals surface area contributed by atoms with Crippen LogP contribution in [0.5, 0.6) is 0 Å². The number of aromatic nitrogens is 4. The van der Waals surface area contributed by atoms with Gasteiger partial charge in [-0.3, -0.25) is 4.98 Å². The lowest BCUT2D eigenvalue weighted by Crippen LogP contribution is -2.09. The Morgan fingerprint density at radius 3 is 2.68 bits per heavy atom. The summed E-state index contributed by atoms with van der Waals surface area (Å²) in [6.45, 7) is 0.606. The molecule has 0 saturated heterocycles. The van der Waals surface area contributed by atoms with Crippen LogP contribution in [0.15, 0.2) is 36.7 Å². The molecule has 4 nitrogen and oxygen atoms in total. The molecule has 2 heterocycles. The van der Waals surface area contributed by atoms with E-state index in [-0.39, 0.29) is 11.1 Å². The van der Waals surface area contributed by atoms with E-state index in [9.17, 15) is 13.2 Å². The monoisotopic (exact) mass is 342 g/mol. The van der Waals surface area contributed by atoms with Gasteiger partial charge in [-0.15, -0.1) is 5.10 Å². The molecule has 1 fully saturated rings. The van der Waals surface area contributed by atoms with Crippen LogP contribution in [-0.4, -0.2) is 20.0 Å². The summed E-state index contributed by atoms with van der Waals surface area (Å²) in [5.41, 5.74) is -0.142. The van der Waals surface area contributed by atoms with E-state index in [4.69, 9.17) is 0 Å². The van der Waals surface area contributed by atoms with Gasteiger partial charge in [-0.2, -0.15) is 13.2 Å². The Bertz CT molecular complexity index is 976. The van der Waals surface area contributed by atoms with E-state index < -0.39 is 11.7 Å². The van der Waals surface area contributed by atoms with Crippen LogP contribution < -0.4 is 0 Å². The fourth-order valence-corrected chi connectivity index (χ4v) is 2.68. The zero-order valence-corrected chi connectivity index (χ0v) is 13.1. The maximum atomic E-state index is 13.6. The van der Waals surface area contributed by atoms with Crippen LogP contribution >= 0.6 is 0 Å². The summed E-state index contributed by atoms with van der Waals surface area (Å²) in [5, 5.41) is 7.71. The zero-order valence-electron chi connectivity index (χ0n) is 13.1. The summed E-state index contributed by atoms with van der Waals surface area (Å²) in [5.74, 6) is 5.81. The summed E-state index contributed by atoms with van der Waals surface area (Å²) in [7, 11) is 0. The first-order chi connectivity index (χ1) is 12.0. The Kier molecular flexibility index (Phi) is 3.68. The number of fused-ring (bicyclic) bond motifs is 1. The summed E-state index contributed by atoms with van der Waals surface area (Å²) < 4.78 is 42.4. The molecule has 1 saturated carbocycles. The predicted molar refractivity (Wildman–Crippen MR) is 85.5 cm³/mol. The van der Waals surface area contributed by atoms with Gasteiger partial charge in [0, 0.05) is 30.1 Å². The third-order valence-corrected chi connectivity index (χ3v) is 4.10. The minimum absolute atomic E-state index is 0.109. The van der Waals surface area contributed by atoms with E-state index in [1.165, 1.54) is 12.3 Å². The first-order valence-corrected chi connectivity index (χ1v) is 7.88. The summed E-state index contributed by atoms with van der Waals surface area (Å²) >= 11 is 0. The SMILES string of the molecule is FC(F)(F)c1c(C#Cc2cccnc2)ccc2c1nnn2CC1CC1. The van der Waals surface area contributed by atoms with Crippen LogP contribution in [0.1, 0.15) is 29.5 Å². The van der Waals surface area contributed by atoms with Crippen molar-refractivity contribution < 1.29 is 13.2 Å². The van der Waals surface area contributed by atoms with Gasteiger partial charge in [0.15, 0.2) is 0 Å². The molecule has 0 amide bonds. The summed E-state index contributed by atoms with van der Waals surface area (Å²) in [6.07, 6.45) is 0.699. The van der Waals surface area contributed by atoms with Crippen LogP contribution in [0.3, 0.4) is 0 Å². The second-order valence-corrected chi connectivity index (χ2v) is 6.06. The zero-order chi connectivity index (χ0) is 17.4. The number of pyridine rings is 1. The summed E-state index contributed by atoms with van der Waals surface area (Å²) in [4.78, 5) is 3.90. The standard InChI is InChI=1S/C18H13F3N4/c19-18(20,21)16-14(6-5-12-2-1-9-22-10-12)7-8-15-17(16)23-24-25(15)11-13-3-4-13/h1-2,7-10,13H,3-4,11H2. The molecular formula is C18H13F3N4. The highest BCUT2D eigenvalue weighted by atomic mass is 19.4. The van der Waals surface area contributed by atoms with Gasteiger partial charge < -0.3 is 0 Å². The third kappa shape index (κ3) is 3.20. The molecule has 3 aromatic rings. The van der Waals surface area contributed by atoms with Crippen molar-refractivity contribution >= 4 is 11.0 Å². The van der Waals surface area contributed by atoms with Gasteiger partial charge in [0.1, 0.15) is 11.1 Å². The van der Waals surface area contributed by atoms with Crippen LogP contribution in [0, 0.1) is 17.8 Å². The molecule has 4 rings (SSSR count). The molecule has 25 heavy (non-hydrogen) atoms. The fraction of sp³-hybridized carbons (Fsp3) is 0.278. The van der Waals surface area contributed by atoms with E-state index in [2.05, 4.69) is 27.1 Å². The molecule has 0 atom stereocenters. The molecule has 1 aromatic carbocycles. The fourth-order valence-electron chi connectivity index (χ4n) is 2.68. The molecule has 1 aliphatic rings. The van der Waals surface area contributed by atoms with Crippen molar-refractivity contribution in [3.05, 3.63) is 53.3 Å². The van der Waals surface area contributed by atoms with Crippen molar-refractivity contribution in [3.63, 3.8) is 0 Å². The highest BCUT2D eigenvalue weighted by Gasteiger charge is 2.37. The maximum absolute atomic E-state index is 13.6. The van der Waals surface area contributed by atoms with Crippen molar-refractivity contribution in [1.82, 2.24) is 20.0 Å². The molecule has 0 aliphatic heterocycles. The highest BCUT2D eigenvalue weighted by molar-refractivity contribution is 5.81. The molecular weight excluding hydrogens is 329 g/mol. The van der Waals surface area contributed by atoms with Gasteiger partial charge in [-0.05, 0) is 43.0 Å². The Morgan fingerprint density at radius 2 is 2.00 bits per heavy atom. The van der Waals surface area contributed by atoms with Crippen LogP contribution in [-0.2, 0) is 12.7 Å². The molecule has 0 radical (unpaired) electrons. The van der Waals surface area contributed by atoms with Gasteiger partial charge in [-0.25, -0.2) is 4.68 Å². The smallest absolute Gasteiger partial charge is 0.263 e. The number of hydrogen-bond donors (Lipinski definition) is 0. The molecule has 1 aliphatic carbocycles. The van der Waals surface area contributed by atoms with Crippen molar-refractivity contribution in [2.24, 2.45) is 5.92 Å². The van der Waals surface area contributed by atoms with E-state index >= 15 is 0 Å². The molecule has 0 bridgehead atoms. The van der Waals surface area contributed by atoms with Gasteiger partial charge in [0.25, 0.3) is 0 Å². The molecule has 0 N–H and O–H groups in total. The molecule has 0 unspecified atom stereocenters. The Labute approximate surface area is 141 Å². The Morgan fingerprint density at radius 1 is 1.16 bits per heavy atom. The van der Waals surface area contributed by atoms with E-state index in [1.807, 2.05) is 0 Å². The van der Waals surface area contributed by atoms with Crippen molar-refractivity contribution in [1.29, 1.82) is 0 Å². The minimum atomic E-state index is -4.56. The number of benzene rings is 1. The second-order valence-electron chi connectivity index (χ2n) is 6.06. The average molecular weight is 342 g/mol. The molecule has 7 heteroatoms. The molecule has 126 valence electrons. The first kappa shape index (κ1) is 15.6. The second kappa shape index (κ2) is 5.88. The first-order valence-electron chi connectivity index (χ1n) is 7.88. The number of nitrogens with zero attached hydrogens (tertiary/aromatic N) is 4. The Balaban J connectivity index is 1.83. The maximum Gasteiger partial charge on any atom is 0.419 e. The number of rotatable bonds is 2.